The highest BCUT2D eigenvalue weighted by Crippen LogP contribution is 2.16. The molecule has 0 aliphatic rings. The molecule has 1 aromatic carbocycles. The van der Waals surface area contributed by atoms with Crippen LogP contribution in [-0.2, 0) is 11.2 Å². The maximum atomic E-state index is 12.2. The van der Waals surface area contributed by atoms with Crippen molar-refractivity contribution in [3.8, 4) is 0 Å². The number of urea groups is 1. The Kier molecular flexibility index (Phi) is 5.68. The van der Waals surface area contributed by atoms with E-state index in [1.807, 2.05) is 12.1 Å². The number of carbonyl (C=O) groups is 2. The van der Waals surface area contributed by atoms with Crippen LogP contribution in [0.2, 0.25) is 0 Å². The van der Waals surface area contributed by atoms with Gasteiger partial charge in [-0.3, -0.25) is 4.98 Å². The minimum Gasteiger partial charge on any atom is -0.465 e. The summed E-state index contributed by atoms with van der Waals surface area (Å²) >= 11 is 0. The van der Waals surface area contributed by atoms with E-state index >= 15 is 0 Å². The number of rotatable bonds is 5. The Labute approximate surface area is 135 Å². The van der Waals surface area contributed by atoms with Crippen LogP contribution in [0.3, 0.4) is 0 Å². The van der Waals surface area contributed by atoms with Crippen molar-refractivity contribution in [2.75, 3.05) is 26.0 Å². The molecule has 0 aliphatic carbocycles. The number of nitrogens with one attached hydrogen (secondary N) is 1. The van der Waals surface area contributed by atoms with E-state index in [-0.39, 0.29) is 6.03 Å². The third-order valence-corrected chi connectivity index (χ3v) is 3.41. The molecule has 1 N–H and O–H groups in total. The minimum atomic E-state index is -0.486. The summed E-state index contributed by atoms with van der Waals surface area (Å²) in [4.78, 5) is 29.5. The van der Waals surface area contributed by atoms with Crippen LogP contribution in [0.4, 0.5) is 10.5 Å². The first kappa shape index (κ1) is 16.5. The molecule has 0 spiro atoms. The van der Waals surface area contributed by atoms with Gasteiger partial charge < -0.3 is 15.0 Å². The number of pyridine rings is 1. The summed E-state index contributed by atoms with van der Waals surface area (Å²) in [5.41, 5.74) is 1.86. The molecule has 0 aliphatic heterocycles. The van der Waals surface area contributed by atoms with Gasteiger partial charge in [0.25, 0.3) is 0 Å². The lowest BCUT2D eigenvalue weighted by Crippen LogP contribution is -2.33. The molecular weight excluding hydrogens is 294 g/mol. The van der Waals surface area contributed by atoms with E-state index in [4.69, 9.17) is 4.74 Å². The molecule has 2 aromatic rings. The molecular formula is C17H19N3O3. The second kappa shape index (κ2) is 7.93. The number of ether oxygens (including phenoxy) is 1. The van der Waals surface area contributed by atoms with Crippen molar-refractivity contribution in [3.05, 3.63) is 59.9 Å². The number of benzene rings is 1. The van der Waals surface area contributed by atoms with Gasteiger partial charge in [-0.15, -0.1) is 0 Å². The van der Waals surface area contributed by atoms with E-state index in [9.17, 15) is 9.59 Å². The number of hydrogen-bond donors (Lipinski definition) is 1. The third kappa shape index (κ3) is 4.54. The number of likely N-dealkylation sites (N-methyl/N-ethyl adjacent to an activating group) is 1. The van der Waals surface area contributed by atoms with Crippen molar-refractivity contribution in [1.29, 1.82) is 0 Å². The molecule has 120 valence electrons. The van der Waals surface area contributed by atoms with Gasteiger partial charge in [-0.05, 0) is 36.2 Å². The second-order valence-electron chi connectivity index (χ2n) is 4.99. The van der Waals surface area contributed by atoms with Crippen LogP contribution in [0.25, 0.3) is 0 Å². The molecule has 0 unspecified atom stereocenters. The predicted octanol–water partition coefficient (Wildman–Crippen LogP) is 2.57. The first-order valence-corrected chi connectivity index (χ1v) is 7.20. The van der Waals surface area contributed by atoms with E-state index in [0.717, 1.165) is 12.0 Å². The van der Waals surface area contributed by atoms with Crippen molar-refractivity contribution in [1.82, 2.24) is 9.88 Å². The Morgan fingerprint density at radius 3 is 2.57 bits per heavy atom. The molecule has 0 atom stereocenters. The van der Waals surface area contributed by atoms with Crippen molar-refractivity contribution >= 4 is 17.7 Å². The molecule has 2 amide bonds. The number of nitrogens with zero attached hydrogens (tertiary/aromatic N) is 2. The highest BCUT2D eigenvalue weighted by Gasteiger charge is 2.15. The van der Waals surface area contributed by atoms with Gasteiger partial charge in [0.2, 0.25) is 0 Å². The average molecular weight is 313 g/mol. The molecule has 1 heterocycles. The fourth-order valence-electron chi connectivity index (χ4n) is 2.04. The number of methoxy groups -OCH3 is 1. The minimum absolute atomic E-state index is 0.282. The van der Waals surface area contributed by atoms with Gasteiger partial charge in [-0.1, -0.05) is 12.1 Å². The number of anilines is 1. The SMILES string of the molecule is COC(=O)c1ccccc1NC(=O)N(C)CCc1ccncc1. The lowest BCUT2D eigenvalue weighted by Gasteiger charge is -2.19. The van der Waals surface area contributed by atoms with Crippen LogP contribution in [0.1, 0.15) is 15.9 Å². The molecule has 6 nitrogen and oxygen atoms in total. The predicted molar refractivity (Wildman–Crippen MR) is 87.4 cm³/mol. The number of amides is 2. The van der Waals surface area contributed by atoms with Crippen LogP contribution in [-0.4, -0.2) is 42.6 Å². The first-order valence-electron chi connectivity index (χ1n) is 7.20. The molecule has 1 aromatic heterocycles. The van der Waals surface area contributed by atoms with Gasteiger partial charge in [0.05, 0.1) is 18.4 Å². The quantitative estimate of drug-likeness (QED) is 0.861. The van der Waals surface area contributed by atoms with Gasteiger partial charge in [0.1, 0.15) is 0 Å². The topological polar surface area (TPSA) is 71.5 Å². The Bertz CT molecular complexity index is 674. The fraction of sp³-hybridized carbons (Fsp3) is 0.235. The molecule has 0 saturated carbocycles. The van der Waals surface area contributed by atoms with Gasteiger partial charge in [-0.25, -0.2) is 9.59 Å². The Morgan fingerprint density at radius 1 is 1.17 bits per heavy atom. The molecule has 23 heavy (non-hydrogen) atoms. The standard InChI is InChI=1S/C17H19N3O3/c1-20(12-9-13-7-10-18-11-8-13)17(22)19-15-6-4-3-5-14(15)16(21)23-2/h3-8,10-11H,9,12H2,1-2H3,(H,19,22). The first-order chi connectivity index (χ1) is 11.1. The molecule has 0 fully saturated rings. The number of carbonyl (C=O) groups excluding carboxylic acids is 2. The van der Waals surface area contributed by atoms with E-state index in [2.05, 4.69) is 10.3 Å². The largest absolute Gasteiger partial charge is 0.465 e. The van der Waals surface area contributed by atoms with Crippen LogP contribution in [0.5, 0.6) is 0 Å². The van der Waals surface area contributed by atoms with Gasteiger partial charge in [-0.2, -0.15) is 0 Å². The van der Waals surface area contributed by atoms with E-state index in [0.29, 0.717) is 17.8 Å². The maximum Gasteiger partial charge on any atom is 0.339 e. The average Bonchev–Trinajstić information content (AvgIpc) is 2.60. The van der Waals surface area contributed by atoms with Crippen LogP contribution in [0, 0.1) is 0 Å². The fourth-order valence-corrected chi connectivity index (χ4v) is 2.04. The zero-order chi connectivity index (χ0) is 16.7. The number of esters is 1. The third-order valence-electron chi connectivity index (χ3n) is 3.41. The zero-order valence-corrected chi connectivity index (χ0v) is 13.2. The van der Waals surface area contributed by atoms with Crippen molar-refractivity contribution < 1.29 is 14.3 Å². The summed E-state index contributed by atoms with van der Waals surface area (Å²) in [5.74, 6) is -0.486. The monoisotopic (exact) mass is 313 g/mol. The highest BCUT2D eigenvalue weighted by atomic mass is 16.5. The van der Waals surface area contributed by atoms with Crippen LogP contribution in [0.15, 0.2) is 48.8 Å². The number of hydrogen-bond acceptors (Lipinski definition) is 4. The summed E-state index contributed by atoms with van der Waals surface area (Å²) in [7, 11) is 3.01. The highest BCUT2D eigenvalue weighted by molar-refractivity contribution is 6.00. The maximum absolute atomic E-state index is 12.2. The summed E-state index contributed by atoms with van der Waals surface area (Å²) in [5, 5.41) is 2.74. The van der Waals surface area contributed by atoms with Crippen LogP contribution < -0.4 is 5.32 Å². The Hall–Kier alpha value is -2.89. The zero-order valence-electron chi connectivity index (χ0n) is 13.2. The molecule has 0 radical (unpaired) electrons. The van der Waals surface area contributed by atoms with E-state index in [1.54, 1.807) is 48.6 Å². The molecule has 2 rings (SSSR count). The van der Waals surface area contributed by atoms with Crippen LogP contribution >= 0.6 is 0 Å². The van der Waals surface area contributed by atoms with E-state index in [1.165, 1.54) is 7.11 Å². The van der Waals surface area contributed by atoms with Gasteiger partial charge >= 0.3 is 12.0 Å². The van der Waals surface area contributed by atoms with E-state index < -0.39 is 5.97 Å². The summed E-state index contributed by atoms with van der Waals surface area (Å²) in [6, 6.07) is 10.3. The normalized spacial score (nSPS) is 10.0. The summed E-state index contributed by atoms with van der Waals surface area (Å²) in [6.07, 6.45) is 4.18. The molecule has 0 bridgehead atoms. The Morgan fingerprint density at radius 2 is 1.87 bits per heavy atom. The smallest absolute Gasteiger partial charge is 0.339 e. The van der Waals surface area contributed by atoms with Crippen molar-refractivity contribution in [2.24, 2.45) is 0 Å². The lowest BCUT2D eigenvalue weighted by molar-refractivity contribution is 0.0602. The number of para-hydroxylation sites is 1. The summed E-state index contributed by atoms with van der Waals surface area (Å²) in [6.45, 7) is 0.552. The number of aromatic nitrogens is 1. The van der Waals surface area contributed by atoms with Crippen molar-refractivity contribution in [3.63, 3.8) is 0 Å². The van der Waals surface area contributed by atoms with Gasteiger partial charge in [0.15, 0.2) is 0 Å². The summed E-state index contributed by atoms with van der Waals surface area (Å²) < 4.78 is 4.71. The Balaban J connectivity index is 1.97. The second-order valence-corrected chi connectivity index (χ2v) is 4.99. The molecule has 6 heteroatoms. The van der Waals surface area contributed by atoms with Gasteiger partial charge in [0, 0.05) is 26.0 Å². The van der Waals surface area contributed by atoms with Crippen molar-refractivity contribution in [2.45, 2.75) is 6.42 Å². The molecule has 0 saturated heterocycles. The lowest BCUT2D eigenvalue weighted by atomic mass is 10.2.